The second-order valence-corrected chi connectivity index (χ2v) is 4.89. The molecule has 0 bridgehead atoms. The molecule has 0 fully saturated rings. The molecule has 0 aliphatic heterocycles. The van der Waals surface area contributed by atoms with E-state index in [1.807, 2.05) is 12.1 Å². The zero-order valence-electron chi connectivity index (χ0n) is 8.32. The Hall–Kier alpha value is -0.700. The summed E-state index contributed by atoms with van der Waals surface area (Å²) in [5.74, 6) is 0.660. The van der Waals surface area contributed by atoms with Crippen molar-refractivity contribution in [2.45, 2.75) is 31.0 Å². The minimum Gasteiger partial charge on any atom is -0.399 e. The zero-order valence-corrected chi connectivity index (χ0v) is 9.14. The molecule has 0 radical (unpaired) electrons. The molecule has 0 spiro atoms. The molecule has 1 aromatic heterocycles. The van der Waals surface area contributed by atoms with E-state index in [0.29, 0.717) is 11.2 Å². The summed E-state index contributed by atoms with van der Waals surface area (Å²) < 4.78 is 0. The molecule has 1 rings (SSSR count). The fraction of sp³-hybridized carbons (Fsp3) is 0.500. The molecule has 0 saturated heterocycles. The Kier molecular flexibility index (Phi) is 3.60. The van der Waals surface area contributed by atoms with Gasteiger partial charge in [-0.05, 0) is 18.1 Å². The molecule has 1 unspecified atom stereocenters. The summed E-state index contributed by atoms with van der Waals surface area (Å²) in [7, 11) is 0. The molecular weight excluding hydrogens is 180 g/mol. The van der Waals surface area contributed by atoms with Crippen LogP contribution < -0.4 is 5.73 Å². The highest BCUT2D eigenvalue weighted by Crippen LogP contribution is 2.26. The smallest absolute Gasteiger partial charge is 0.0983 e. The molecule has 0 amide bonds. The number of thioether (sulfide) groups is 1. The van der Waals surface area contributed by atoms with Gasteiger partial charge in [-0.15, -0.1) is 11.8 Å². The summed E-state index contributed by atoms with van der Waals surface area (Å²) in [5.41, 5.74) is 6.44. The molecule has 0 aromatic carbocycles. The first kappa shape index (κ1) is 10.4. The highest BCUT2D eigenvalue weighted by atomic mass is 32.2. The third-order valence-electron chi connectivity index (χ3n) is 2.00. The Morgan fingerprint density at radius 1 is 1.38 bits per heavy atom. The minimum atomic E-state index is 0.578. The molecule has 0 aliphatic rings. The van der Waals surface area contributed by atoms with Gasteiger partial charge in [-0.2, -0.15) is 0 Å². The van der Waals surface area contributed by atoms with Crippen LogP contribution in [0.3, 0.4) is 0 Å². The van der Waals surface area contributed by atoms with E-state index in [-0.39, 0.29) is 0 Å². The average molecular weight is 196 g/mol. The topological polar surface area (TPSA) is 38.9 Å². The van der Waals surface area contributed by atoms with Gasteiger partial charge in [0.25, 0.3) is 0 Å². The van der Waals surface area contributed by atoms with Gasteiger partial charge in [0.15, 0.2) is 0 Å². The molecular formula is C10H16N2S. The number of nitrogen functional groups attached to an aromatic ring is 1. The Balaban J connectivity index is 2.64. The van der Waals surface area contributed by atoms with Gasteiger partial charge in [0, 0.05) is 17.1 Å². The van der Waals surface area contributed by atoms with Crippen molar-refractivity contribution in [2.75, 3.05) is 5.73 Å². The molecule has 3 heteroatoms. The SMILES string of the molecule is CC(C)C(C)Sc1cc(N)ccn1. The predicted octanol–water partition coefficient (Wildman–Crippen LogP) is 2.80. The van der Waals surface area contributed by atoms with Crippen molar-refractivity contribution in [1.29, 1.82) is 0 Å². The first-order chi connectivity index (χ1) is 6.09. The molecule has 1 heterocycles. The molecule has 2 N–H and O–H groups in total. The van der Waals surface area contributed by atoms with Crippen LogP contribution in [0.2, 0.25) is 0 Å². The third-order valence-corrected chi connectivity index (χ3v) is 3.39. The van der Waals surface area contributed by atoms with Crippen LogP contribution in [0.25, 0.3) is 0 Å². The normalized spacial score (nSPS) is 13.2. The lowest BCUT2D eigenvalue weighted by atomic mass is 10.2. The van der Waals surface area contributed by atoms with Crippen molar-refractivity contribution in [3.63, 3.8) is 0 Å². The maximum Gasteiger partial charge on any atom is 0.0983 e. The third kappa shape index (κ3) is 3.27. The summed E-state index contributed by atoms with van der Waals surface area (Å²) in [6, 6.07) is 3.73. The lowest BCUT2D eigenvalue weighted by Crippen LogP contribution is -2.05. The second-order valence-electron chi connectivity index (χ2n) is 3.49. The zero-order chi connectivity index (χ0) is 9.84. The van der Waals surface area contributed by atoms with Crippen molar-refractivity contribution < 1.29 is 0 Å². The van der Waals surface area contributed by atoms with Crippen LogP contribution in [-0.4, -0.2) is 10.2 Å². The summed E-state index contributed by atoms with van der Waals surface area (Å²) in [6.45, 7) is 6.63. The molecule has 0 aliphatic carbocycles. The monoisotopic (exact) mass is 196 g/mol. The number of pyridine rings is 1. The largest absolute Gasteiger partial charge is 0.399 e. The lowest BCUT2D eigenvalue weighted by Gasteiger charge is -2.13. The molecule has 72 valence electrons. The van der Waals surface area contributed by atoms with Crippen molar-refractivity contribution in [2.24, 2.45) is 5.92 Å². The molecule has 1 atom stereocenters. The summed E-state index contributed by atoms with van der Waals surface area (Å²) in [4.78, 5) is 4.24. The van der Waals surface area contributed by atoms with Crippen LogP contribution >= 0.6 is 11.8 Å². The van der Waals surface area contributed by atoms with Crippen LogP contribution in [0.1, 0.15) is 20.8 Å². The van der Waals surface area contributed by atoms with Gasteiger partial charge in [-0.25, -0.2) is 4.98 Å². The van der Waals surface area contributed by atoms with Gasteiger partial charge in [0.2, 0.25) is 0 Å². The van der Waals surface area contributed by atoms with Crippen molar-refractivity contribution >= 4 is 17.4 Å². The number of anilines is 1. The Bertz CT molecular complexity index is 273. The van der Waals surface area contributed by atoms with Crippen molar-refractivity contribution in [1.82, 2.24) is 4.98 Å². The molecule has 2 nitrogen and oxygen atoms in total. The number of nitrogens with zero attached hydrogens (tertiary/aromatic N) is 1. The fourth-order valence-electron chi connectivity index (χ4n) is 0.816. The highest BCUT2D eigenvalue weighted by molar-refractivity contribution is 7.99. The van der Waals surface area contributed by atoms with Gasteiger partial charge in [-0.1, -0.05) is 20.8 Å². The Labute approximate surface area is 83.9 Å². The van der Waals surface area contributed by atoms with Crippen LogP contribution in [0.5, 0.6) is 0 Å². The number of rotatable bonds is 3. The molecule has 1 aromatic rings. The maximum atomic E-state index is 5.66. The van der Waals surface area contributed by atoms with E-state index < -0.39 is 0 Å². The van der Waals surface area contributed by atoms with E-state index in [0.717, 1.165) is 10.7 Å². The van der Waals surface area contributed by atoms with E-state index >= 15 is 0 Å². The van der Waals surface area contributed by atoms with Gasteiger partial charge < -0.3 is 5.73 Å². The number of hydrogen-bond donors (Lipinski definition) is 1. The van der Waals surface area contributed by atoms with E-state index in [9.17, 15) is 0 Å². The molecule has 0 saturated carbocycles. The van der Waals surface area contributed by atoms with E-state index in [4.69, 9.17) is 5.73 Å². The number of nitrogens with two attached hydrogens (primary N) is 1. The van der Waals surface area contributed by atoms with Crippen molar-refractivity contribution in [3.8, 4) is 0 Å². The van der Waals surface area contributed by atoms with E-state index in [1.165, 1.54) is 0 Å². The lowest BCUT2D eigenvalue weighted by molar-refractivity contribution is 0.641. The average Bonchev–Trinajstić information content (AvgIpc) is 2.04. The van der Waals surface area contributed by atoms with Crippen LogP contribution in [0.15, 0.2) is 23.4 Å². The minimum absolute atomic E-state index is 0.578. The van der Waals surface area contributed by atoms with Crippen LogP contribution in [0.4, 0.5) is 5.69 Å². The first-order valence-electron chi connectivity index (χ1n) is 4.48. The highest BCUT2D eigenvalue weighted by Gasteiger charge is 2.09. The predicted molar refractivity (Wildman–Crippen MR) is 58.8 cm³/mol. The van der Waals surface area contributed by atoms with Crippen molar-refractivity contribution in [3.05, 3.63) is 18.3 Å². The summed E-state index contributed by atoms with van der Waals surface area (Å²) in [6.07, 6.45) is 1.75. The van der Waals surface area contributed by atoms with Crippen LogP contribution in [0, 0.1) is 5.92 Å². The van der Waals surface area contributed by atoms with Crippen LogP contribution in [-0.2, 0) is 0 Å². The number of aromatic nitrogens is 1. The van der Waals surface area contributed by atoms with E-state index in [1.54, 1.807) is 18.0 Å². The standard InChI is InChI=1S/C10H16N2S/c1-7(2)8(3)13-10-6-9(11)4-5-12-10/h4-8H,1-3H3,(H2,11,12). The Morgan fingerprint density at radius 2 is 2.08 bits per heavy atom. The number of hydrogen-bond acceptors (Lipinski definition) is 3. The maximum absolute atomic E-state index is 5.66. The Morgan fingerprint density at radius 3 is 2.62 bits per heavy atom. The van der Waals surface area contributed by atoms with Gasteiger partial charge >= 0.3 is 0 Å². The summed E-state index contributed by atoms with van der Waals surface area (Å²) >= 11 is 1.77. The van der Waals surface area contributed by atoms with Gasteiger partial charge in [0.1, 0.15) is 0 Å². The molecule has 13 heavy (non-hydrogen) atoms. The van der Waals surface area contributed by atoms with Gasteiger partial charge in [0.05, 0.1) is 5.03 Å². The quantitative estimate of drug-likeness (QED) is 0.755. The first-order valence-corrected chi connectivity index (χ1v) is 5.35. The fourth-order valence-corrected chi connectivity index (χ4v) is 1.79. The second kappa shape index (κ2) is 4.51. The van der Waals surface area contributed by atoms with E-state index in [2.05, 4.69) is 25.8 Å². The van der Waals surface area contributed by atoms with Gasteiger partial charge in [-0.3, -0.25) is 0 Å². The summed E-state index contributed by atoms with van der Waals surface area (Å²) in [5, 5.41) is 1.59.